The molecule has 0 fully saturated rings. The van der Waals surface area contributed by atoms with Gasteiger partial charge in [-0.3, -0.25) is 9.58 Å². The predicted molar refractivity (Wildman–Crippen MR) is 137 cm³/mol. The molecular formula is C27H26ClN5O3. The van der Waals surface area contributed by atoms with Gasteiger partial charge < -0.3 is 14.5 Å². The molecule has 0 spiro atoms. The number of benzene rings is 2. The van der Waals surface area contributed by atoms with Gasteiger partial charge in [0, 0.05) is 47.6 Å². The Morgan fingerprint density at radius 3 is 2.86 bits per heavy atom. The van der Waals surface area contributed by atoms with E-state index in [0.717, 1.165) is 40.9 Å². The molecule has 8 nitrogen and oxygen atoms in total. The summed E-state index contributed by atoms with van der Waals surface area (Å²) in [5.74, 6) is 3.27. The van der Waals surface area contributed by atoms with Crippen LogP contribution in [0.2, 0.25) is 5.02 Å². The largest absolute Gasteiger partial charge is 0.494 e. The molecule has 36 heavy (non-hydrogen) atoms. The van der Waals surface area contributed by atoms with Crippen molar-refractivity contribution in [3.8, 4) is 18.1 Å². The molecule has 1 aliphatic rings. The zero-order valence-electron chi connectivity index (χ0n) is 19.7. The number of H-pyrrole nitrogens is 1. The fourth-order valence-electron chi connectivity index (χ4n) is 4.60. The van der Waals surface area contributed by atoms with Gasteiger partial charge in [0.2, 0.25) is 0 Å². The van der Waals surface area contributed by atoms with Crippen LogP contribution in [0.4, 0.5) is 4.79 Å². The first-order valence-electron chi connectivity index (χ1n) is 11.9. The topological polar surface area (TPSA) is 85.3 Å². The van der Waals surface area contributed by atoms with E-state index in [1.165, 1.54) is 11.9 Å². The first-order chi connectivity index (χ1) is 17.6. The van der Waals surface area contributed by atoms with Gasteiger partial charge in [-0.05, 0) is 47.9 Å². The highest BCUT2D eigenvalue weighted by atomic mass is 35.5. The average molecular weight is 504 g/mol. The highest BCUT2D eigenvalue weighted by Crippen LogP contribution is 2.39. The SMILES string of the molecule is C#CCCOC(=O)N1CCc2c([nH]c3ccc(Cl)cc23)C1c1ccc(OCCCn2cncn2)cc1. The number of terminal acetylenes is 1. The Hall–Kier alpha value is -3.96. The number of ether oxygens (including phenoxy) is 2. The van der Waals surface area contributed by atoms with Gasteiger partial charge in [0.05, 0.1) is 6.61 Å². The number of hydrogen-bond donors (Lipinski definition) is 1. The van der Waals surface area contributed by atoms with Crippen molar-refractivity contribution < 1.29 is 14.3 Å². The lowest BCUT2D eigenvalue weighted by molar-refractivity contribution is 0.0907. The van der Waals surface area contributed by atoms with E-state index in [1.807, 2.05) is 42.5 Å². The first-order valence-corrected chi connectivity index (χ1v) is 12.2. The molecule has 0 aliphatic carbocycles. The Balaban J connectivity index is 1.38. The summed E-state index contributed by atoms with van der Waals surface area (Å²) >= 11 is 6.28. The van der Waals surface area contributed by atoms with Gasteiger partial charge in [-0.25, -0.2) is 9.78 Å². The van der Waals surface area contributed by atoms with Crippen molar-refractivity contribution in [1.82, 2.24) is 24.6 Å². The lowest BCUT2D eigenvalue weighted by Crippen LogP contribution is -2.41. The van der Waals surface area contributed by atoms with Crippen LogP contribution in [0.25, 0.3) is 10.9 Å². The van der Waals surface area contributed by atoms with Gasteiger partial charge >= 0.3 is 6.09 Å². The molecule has 1 unspecified atom stereocenters. The van der Waals surface area contributed by atoms with Gasteiger partial charge in [-0.2, -0.15) is 5.10 Å². The number of amides is 1. The number of carbonyl (C=O) groups excluding carboxylic acids is 1. The molecular weight excluding hydrogens is 478 g/mol. The monoisotopic (exact) mass is 503 g/mol. The third-order valence-corrected chi connectivity index (χ3v) is 6.49. The number of carbonyl (C=O) groups is 1. The van der Waals surface area contributed by atoms with Gasteiger partial charge in [-0.15, -0.1) is 12.3 Å². The van der Waals surface area contributed by atoms with Gasteiger partial charge in [-0.1, -0.05) is 23.7 Å². The Morgan fingerprint density at radius 1 is 1.22 bits per heavy atom. The third kappa shape index (κ3) is 5.02. The van der Waals surface area contributed by atoms with Crippen molar-refractivity contribution in [2.24, 2.45) is 0 Å². The van der Waals surface area contributed by atoms with Gasteiger partial charge in [0.15, 0.2) is 0 Å². The zero-order chi connectivity index (χ0) is 24.9. The fraction of sp³-hybridized carbons (Fsp3) is 0.296. The molecule has 184 valence electrons. The van der Waals surface area contributed by atoms with E-state index in [4.69, 9.17) is 27.5 Å². The maximum atomic E-state index is 13.0. The predicted octanol–water partition coefficient (Wildman–Crippen LogP) is 4.99. The molecule has 5 rings (SSSR count). The highest BCUT2D eigenvalue weighted by Gasteiger charge is 2.35. The van der Waals surface area contributed by atoms with Crippen molar-refractivity contribution in [3.63, 3.8) is 0 Å². The van der Waals surface area contributed by atoms with E-state index in [9.17, 15) is 4.79 Å². The van der Waals surface area contributed by atoms with Gasteiger partial charge in [0.1, 0.15) is 31.1 Å². The number of aromatic nitrogens is 4. The number of aryl methyl sites for hydroxylation is 1. The number of aromatic amines is 1. The highest BCUT2D eigenvalue weighted by molar-refractivity contribution is 6.31. The summed E-state index contributed by atoms with van der Waals surface area (Å²) in [5, 5.41) is 5.86. The molecule has 2 aromatic carbocycles. The van der Waals surface area contributed by atoms with Crippen molar-refractivity contribution >= 4 is 28.6 Å². The van der Waals surface area contributed by atoms with Crippen LogP contribution in [0, 0.1) is 12.3 Å². The molecule has 1 atom stereocenters. The normalized spacial score (nSPS) is 14.9. The second-order valence-electron chi connectivity index (χ2n) is 8.55. The van der Waals surface area contributed by atoms with Crippen LogP contribution in [0.1, 0.15) is 35.7 Å². The second kappa shape index (κ2) is 10.8. The maximum absolute atomic E-state index is 13.0. The number of nitrogens with zero attached hydrogens (tertiary/aromatic N) is 4. The summed E-state index contributed by atoms with van der Waals surface area (Å²) in [4.78, 5) is 22.3. The third-order valence-electron chi connectivity index (χ3n) is 6.26. The van der Waals surface area contributed by atoms with Crippen molar-refractivity contribution in [2.75, 3.05) is 19.8 Å². The summed E-state index contributed by atoms with van der Waals surface area (Å²) in [5.41, 5.74) is 4.08. The van der Waals surface area contributed by atoms with Crippen molar-refractivity contribution in [2.45, 2.75) is 31.8 Å². The van der Waals surface area contributed by atoms with Gasteiger partial charge in [0.25, 0.3) is 0 Å². The van der Waals surface area contributed by atoms with E-state index in [2.05, 4.69) is 21.0 Å². The zero-order valence-corrected chi connectivity index (χ0v) is 20.4. The number of fused-ring (bicyclic) bond motifs is 3. The van der Waals surface area contributed by atoms with Crippen LogP contribution in [-0.2, 0) is 17.7 Å². The molecule has 4 aromatic rings. The van der Waals surface area contributed by atoms with Crippen LogP contribution in [0.5, 0.6) is 5.75 Å². The molecule has 0 saturated heterocycles. The van der Waals surface area contributed by atoms with Crippen molar-refractivity contribution in [3.05, 3.63) is 77.0 Å². The minimum atomic E-state index is -0.383. The Bertz CT molecular complexity index is 1380. The number of nitrogens with one attached hydrogen (secondary N) is 1. The van der Waals surface area contributed by atoms with Crippen LogP contribution < -0.4 is 4.74 Å². The quantitative estimate of drug-likeness (QED) is 0.270. The molecule has 1 amide bonds. The number of halogens is 1. The van der Waals surface area contributed by atoms with Crippen LogP contribution in [0.15, 0.2) is 55.1 Å². The molecule has 2 aromatic heterocycles. The Labute approximate surface area is 214 Å². The minimum Gasteiger partial charge on any atom is -0.494 e. The maximum Gasteiger partial charge on any atom is 0.410 e. The Morgan fingerprint density at radius 2 is 2.08 bits per heavy atom. The van der Waals surface area contributed by atoms with E-state index in [-0.39, 0.29) is 18.7 Å². The molecule has 0 saturated carbocycles. The first kappa shape index (κ1) is 23.8. The fourth-order valence-corrected chi connectivity index (χ4v) is 4.77. The summed E-state index contributed by atoms with van der Waals surface area (Å²) in [6.07, 6.45) is 10.0. The lowest BCUT2D eigenvalue weighted by Gasteiger charge is -2.35. The van der Waals surface area contributed by atoms with Crippen LogP contribution >= 0.6 is 11.6 Å². The summed E-state index contributed by atoms with van der Waals surface area (Å²) < 4.78 is 13.2. The summed E-state index contributed by atoms with van der Waals surface area (Å²) in [7, 11) is 0. The standard InChI is InChI=1S/C27H26ClN5O3/c1-2-3-14-36-27(34)33-13-11-22-23-16-20(28)7-10-24(23)31-25(22)26(33)19-5-8-21(9-6-19)35-15-4-12-32-18-29-17-30-32/h1,5-10,16-18,26,31H,3-4,11-15H2. The minimum absolute atomic E-state index is 0.190. The van der Waals surface area contributed by atoms with E-state index in [1.54, 1.807) is 15.9 Å². The molecule has 1 N–H and O–H groups in total. The number of hydrogen-bond acceptors (Lipinski definition) is 5. The molecule has 1 aliphatic heterocycles. The number of rotatable bonds is 8. The smallest absolute Gasteiger partial charge is 0.410 e. The van der Waals surface area contributed by atoms with E-state index < -0.39 is 0 Å². The van der Waals surface area contributed by atoms with Crippen molar-refractivity contribution in [1.29, 1.82) is 0 Å². The van der Waals surface area contributed by atoms with E-state index in [0.29, 0.717) is 31.0 Å². The lowest BCUT2D eigenvalue weighted by atomic mass is 9.92. The van der Waals surface area contributed by atoms with E-state index >= 15 is 0 Å². The molecule has 3 heterocycles. The second-order valence-corrected chi connectivity index (χ2v) is 8.99. The average Bonchev–Trinajstić information content (AvgIpc) is 3.54. The summed E-state index contributed by atoms with van der Waals surface area (Å²) in [6, 6.07) is 13.3. The molecule has 9 heteroatoms. The van der Waals surface area contributed by atoms with Crippen LogP contribution in [0.3, 0.4) is 0 Å². The summed E-state index contributed by atoms with van der Waals surface area (Å²) in [6.45, 7) is 2.01. The van der Waals surface area contributed by atoms with Crippen LogP contribution in [-0.4, -0.2) is 50.5 Å². The Kier molecular flexibility index (Phi) is 7.10. The molecule has 0 radical (unpaired) electrons. The molecule has 0 bridgehead atoms.